The molecule has 1 aliphatic rings. The maximum absolute atomic E-state index is 12.4. The first kappa shape index (κ1) is 16.5. The van der Waals surface area contributed by atoms with E-state index < -0.39 is 10.0 Å². The number of nitrogens with one attached hydrogen (secondary N) is 2. The van der Waals surface area contributed by atoms with Crippen molar-refractivity contribution in [1.82, 2.24) is 10.0 Å². The fourth-order valence-corrected chi connectivity index (χ4v) is 3.76. The Balaban J connectivity index is 2.04. The molecule has 0 aliphatic heterocycles. The van der Waals surface area contributed by atoms with E-state index in [0.29, 0.717) is 18.0 Å². The zero-order chi connectivity index (χ0) is 15.3. The molecule has 118 valence electrons. The Bertz CT molecular complexity index is 566. The molecule has 0 bridgehead atoms. The first-order valence-corrected chi connectivity index (χ1v) is 9.31. The van der Waals surface area contributed by atoms with Crippen LogP contribution >= 0.6 is 0 Å². The van der Waals surface area contributed by atoms with Crippen molar-refractivity contribution in [2.24, 2.45) is 5.92 Å². The van der Waals surface area contributed by atoms with E-state index in [1.807, 2.05) is 19.1 Å². The normalized spacial score (nSPS) is 15.3. The number of benzene rings is 1. The quantitative estimate of drug-likeness (QED) is 0.689. The Kier molecular flexibility index (Phi) is 5.79. The molecule has 0 aromatic heterocycles. The van der Waals surface area contributed by atoms with E-state index in [4.69, 9.17) is 0 Å². The van der Waals surface area contributed by atoms with Gasteiger partial charge in [0.25, 0.3) is 0 Å². The van der Waals surface area contributed by atoms with E-state index in [9.17, 15) is 8.42 Å². The van der Waals surface area contributed by atoms with Crippen LogP contribution < -0.4 is 10.0 Å². The van der Waals surface area contributed by atoms with E-state index in [-0.39, 0.29) is 0 Å². The molecule has 1 aromatic carbocycles. The van der Waals surface area contributed by atoms with Crippen LogP contribution in [0.15, 0.2) is 23.1 Å². The summed E-state index contributed by atoms with van der Waals surface area (Å²) in [4.78, 5) is 0.411. The molecule has 1 aromatic rings. The summed E-state index contributed by atoms with van der Waals surface area (Å²) in [6.07, 6.45) is 4.52. The smallest absolute Gasteiger partial charge is 0.240 e. The molecule has 1 aliphatic carbocycles. The average molecular weight is 310 g/mol. The number of hydrogen-bond acceptors (Lipinski definition) is 3. The molecule has 4 nitrogen and oxygen atoms in total. The summed E-state index contributed by atoms with van der Waals surface area (Å²) in [6.45, 7) is 6.20. The lowest BCUT2D eigenvalue weighted by Gasteiger charge is -2.13. The lowest BCUT2D eigenvalue weighted by Crippen LogP contribution is -2.26. The van der Waals surface area contributed by atoms with Gasteiger partial charge in [-0.3, -0.25) is 0 Å². The molecular formula is C16H26N2O2S. The molecule has 1 fully saturated rings. The monoisotopic (exact) mass is 310 g/mol. The Labute approximate surface area is 128 Å². The zero-order valence-corrected chi connectivity index (χ0v) is 13.8. The predicted octanol–water partition coefficient (Wildman–Crippen LogP) is 2.57. The van der Waals surface area contributed by atoms with Crippen LogP contribution in [0, 0.1) is 12.8 Å². The van der Waals surface area contributed by atoms with Crippen molar-refractivity contribution >= 4 is 10.0 Å². The van der Waals surface area contributed by atoms with Crippen LogP contribution in [-0.4, -0.2) is 21.5 Å². The van der Waals surface area contributed by atoms with Gasteiger partial charge in [0.15, 0.2) is 0 Å². The topological polar surface area (TPSA) is 58.2 Å². The minimum absolute atomic E-state index is 0.411. The highest BCUT2D eigenvalue weighted by Gasteiger charge is 2.23. The van der Waals surface area contributed by atoms with Gasteiger partial charge in [0, 0.05) is 13.1 Å². The van der Waals surface area contributed by atoms with Gasteiger partial charge >= 0.3 is 0 Å². The molecule has 0 spiro atoms. The van der Waals surface area contributed by atoms with Crippen molar-refractivity contribution in [3.05, 3.63) is 29.3 Å². The van der Waals surface area contributed by atoms with E-state index in [0.717, 1.165) is 36.4 Å². The summed E-state index contributed by atoms with van der Waals surface area (Å²) in [7, 11) is -3.39. The summed E-state index contributed by atoms with van der Waals surface area (Å²) < 4.78 is 27.5. The highest BCUT2D eigenvalue weighted by atomic mass is 32.2. The number of hydrogen-bond donors (Lipinski definition) is 2. The van der Waals surface area contributed by atoms with Crippen LogP contribution in [0.2, 0.25) is 0 Å². The third kappa shape index (κ3) is 4.80. The van der Waals surface area contributed by atoms with Crippen LogP contribution in [0.25, 0.3) is 0 Å². The van der Waals surface area contributed by atoms with Crippen LogP contribution in [0.4, 0.5) is 0 Å². The van der Waals surface area contributed by atoms with Crippen molar-refractivity contribution in [3.63, 3.8) is 0 Å². The van der Waals surface area contributed by atoms with Gasteiger partial charge in [-0.1, -0.05) is 31.9 Å². The number of sulfonamides is 1. The van der Waals surface area contributed by atoms with Gasteiger partial charge in [-0.2, -0.15) is 0 Å². The summed E-state index contributed by atoms with van der Waals surface area (Å²) in [5.41, 5.74) is 1.90. The zero-order valence-electron chi connectivity index (χ0n) is 13.0. The second-order valence-corrected chi connectivity index (χ2v) is 7.58. The van der Waals surface area contributed by atoms with Gasteiger partial charge in [0.1, 0.15) is 0 Å². The van der Waals surface area contributed by atoms with E-state index in [2.05, 4.69) is 17.0 Å². The summed E-state index contributed by atoms with van der Waals surface area (Å²) >= 11 is 0. The molecule has 1 saturated carbocycles. The number of rotatable bonds is 9. The lowest BCUT2D eigenvalue weighted by molar-refractivity contribution is 0.574. The van der Waals surface area contributed by atoms with Crippen LogP contribution in [-0.2, 0) is 16.6 Å². The largest absolute Gasteiger partial charge is 0.313 e. The Morgan fingerprint density at radius 3 is 2.67 bits per heavy atom. The van der Waals surface area contributed by atoms with Crippen molar-refractivity contribution in [2.45, 2.75) is 51.0 Å². The molecule has 21 heavy (non-hydrogen) atoms. The summed E-state index contributed by atoms with van der Waals surface area (Å²) in [6, 6.07) is 5.50. The highest BCUT2D eigenvalue weighted by Crippen LogP contribution is 2.31. The fraction of sp³-hybridized carbons (Fsp3) is 0.625. The standard InChI is InChI=1S/C16H26N2O2S/c1-3-10-17-12-15-5-4-6-16(13(15)2)21(19,20)18-11-9-14-7-8-14/h4-6,14,17-18H,3,7-12H2,1-2H3. The summed E-state index contributed by atoms with van der Waals surface area (Å²) in [5, 5.41) is 3.32. The molecule has 0 atom stereocenters. The van der Waals surface area contributed by atoms with Gasteiger partial charge in [-0.15, -0.1) is 0 Å². The first-order chi connectivity index (χ1) is 10.0. The maximum Gasteiger partial charge on any atom is 0.240 e. The van der Waals surface area contributed by atoms with E-state index in [1.165, 1.54) is 12.8 Å². The van der Waals surface area contributed by atoms with Crippen molar-refractivity contribution in [1.29, 1.82) is 0 Å². The first-order valence-electron chi connectivity index (χ1n) is 7.83. The average Bonchev–Trinajstić information content (AvgIpc) is 3.24. The van der Waals surface area contributed by atoms with Gasteiger partial charge in [0.2, 0.25) is 10.0 Å². The van der Waals surface area contributed by atoms with Gasteiger partial charge in [-0.05, 0) is 49.4 Å². The SMILES string of the molecule is CCCNCc1cccc(S(=O)(=O)NCCC2CC2)c1C. The van der Waals surface area contributed by atoms with Crippen molar-refractivity contribution in [2.75, 3.05) is 13.1 Å². The lowest BCUT2D eigenvalue weighted by atomic mass is 10.1. The molecule has 2 N–H and O–H groups in total. The molecule has 2 rings (SSSR count). The minimum atomic E-state index is -3.39. The fourth-order valence-electron chi connectivity index (χ4n) is 2.42. The van der Waals surface area contributed by atoms with Crippen LogP contribution in [0.3, 0.4) is 0 Å². The van der Waals surface area contributed by atoms with Crippen molar-refractivity contribution in [3.8, 4) is 0 Å². The second kappa shape index (κ2) is 7.38. The van der Waals surface area contributed by atoms with Crippen LogP contribution in [0.5, 0.6) is 0 Å². The highest BCUT2D eigenvalue weighted by molar-refractivity contribution is 7.89. The van der Waals surface area contributed by atoms with Gasteiger partial charge < -0.3 is 5.32 Å². The molecule has 0 unspecified atom stereocenters. The molecule has 0 radical (unpaired) electrons. The Morgan fingerprint density at radius 1 is 1.24 bits per heavy atom. The van der Waals surface area contributed by atoms with E-state index >= 15 is 0 Å². The molecule has 5 heteroatoms. The predicted molar refractivity (Wildman–Crippen MR) is 85.7 cm³/mol. The van der Waals surface area contributed by atoms with Gasteiger partial charge in [0.05, 0.1) is 4.90 Å². The Hall–Kier alpha value is -0.910. The summed E-state index contributed by atoms with van der Waals surface area (Å²) in [5.74, 6) is 0.735. The third-order valence-electron chi connectivity index (χ3n) is 3.97. The molecule has 0 saturated heterocycles. The molecular weight excluding hydrogens is 284 g/mol. The Morgan fingerprint density at radius 2 is 2.00 bits per heavy atom. The third-order valence-corrected chi connectivity index (χ3v) is 5.58. The molecule has 0 heterocycles. The second-order valence-electron chi connectivity index (χ2n) is 5.85. The van der Waals surface area contributed by atoms with Gasteiger partial charge in [-0.25, -0.2) is 13.1 Å². The van der Waals surface area contributed by atoms with Crippen LogP contribution in [0.1, 0.15) is 43.7 Å². The maximum atomic E-state index is 12.4. The molecule has 0 amide bonds. The van der Waals surface area contributed by atoms with E-state index in [1.54, 1.807) is 6.07 Å². The van der Waals surface area contributed by atoms with Crippen molar-refractivity contribution < 1.29 is 8.42 Å². The minimum Gasteiger partial charge on any atom is -0.313 e.